The van der Waals surface area contributed by atoms with Crippen LogP contribution >= 0.6 is 11.8 Å². The number of H-pyrrole nitrogens is 1. The highest BCUT2D eigenvalue weighted by Crippen LogP contribution is 2.19. The van der Waals surface area contributed by atoms with Gasteiger partial charge < -0.3 is 15.7 Å². The summed E-state index contributed by atoms with van der Waals surface area (Å²) in [5.74, 6) is 0.385. The number of amides is 2. The van der Waals surface area contributed by atoms with Crippen molar-refractivity contribution >= 4 is 29.4 Å². The SMILES string of the molecule is CSCCC(NC(=O)C(O)CC(C)C)C(=O)Nc1cc(-c2ccccc2)[nH]n1. The zero-order valence-corrected chi connectivity index (χ0v) is 17.3. The summed E-state index contributed by atoms with van der Waals surface area (Å²) in [4.78, 5) is 24.9. The Morgan fingerprint density at radius 1 is 1.21 bits per heavy atom. The minimum absolute atomic E-state index is 0.180. The molecule has 2 aromatic rings. The smallest absolute Gasteiger partial charge is 0.249 e. The number of aliphatic hydroxyl groups is 1. The fourth-order valence-electron chi connectivity index (χ4n) is 2.69. The number of hydrogen-bond donors (Lipinski definition) is 4. The lowest BCUT2D eigenvalue weighted by atomic mass is 10.0. The Morgan fingerprint density at radius 2 is 1.93 bits per heavy atom. The first kappa shape index (κ1) is 22.0. The van der Waals surface area contributed by atoms with E-state index in [2.05, 4.69) is 20.8 Å². The van der Waals surface area contributed by atoms with Crippen molar-refractivity contribution in [2.24, 2.45) is 5.92 Å². The maximum absolute atomic E-state index is 12.7. The molecule has 0 fully saturated rings. The maximum Gasteiger partial charge on any atom is 0.249 e. The van der Waals surface area contributed by atoms with E-state index in [-0.39, 0.29) is 11.8 Å². The average molecular weight is 405 g/mol. The van der Waals surface area contributed by atoms with Crippen LogP contribution in [-0.4, -0.2) is 51.3 Å². The summed E-state index contributed by atoms with van der Waals surface area (Å²) in [6.07, 6.45) is 1.62. The van der Waals surface area contributed by atoms with Crippen molar-refractivity contribution in [2.75, 3.05) is 17.3 Å². The van der Waals surface area contributed by atoms with Gasteiger partial charge in [0.2, 0.25) is 11.8 Å². The van der Waals surface area contributed by atoms with Gasteiger partial charge in [0, 0.05) is 6.07 Å². The van der Waals surface area contributed by atoms with E-state index < -0.39 is 18.1 Å². The Morgan fingerprint density at radius 3 is 2.57 bits per heavy atom. The number of aromatic amines is 1. The molecule has 0 aliphatic rings. The highest BCUT2D eigenvalue weighted by atomic mass is 32.2. The Hall–Kier alpha value is -2.32. The highest BCUT2D eigenvalue weighted by molar-refractivity contribution is 7.98. The van der Waals surface area contributed by atoms with E-state index in [1.165, 1.54) is 0 Å². The van der Waals surface area contributed by atoms with Crippen molar-refractivity contribution in [3.05, 3.63) is 36.4 Å². The minimum atomic E-state index is -1.13. The summed E-state index contributed by atoms with van der Waals surface area (Å²) in [5, 5.41) is 22.4. The molecule has 7 nitrogen and oxygen atoms in total. The first-order valence-corrected chi connectivity index (χ1v) is 10.7. The number of benzene rings is 1. The largest absolute Gasteiger partial charge is 0.383 e. The average Bonchev–Trinajstić information content (AvgIpc) is 3.13. The number of carbonyl (C=O) groups excluding carboxylic acids is 2. The normalized spacial score (nSPS) is 13.2. The predicted molar refractivity (Wildman–Crippen MR) is 113 cm³/mol. The summed E-state index contributed by atoms with van der Waals surface area (Å²) in [6.45, 7) is 3.85. The van der Waals surface area contributed by atoms with Crippen molar-refractivity contribution in [3.63, 3.8) is 0 Å². The van der Waals surface area contributed by atoms with Crippen molar-refractivity contribution in [2.45, 2.75) is 38.8 Å². The van der Waals surface area contributed by atoms with Crippen LogP contribution in [0.15, 0.2) is 36.4 Å². The molecule has 0 saturated carbocycles. The standard InChI is InChI=1S/C20H28N4O3S/c1-13(2)11-17(25)20(27)21-15(9-10-28-3)19(26)22-18-12-16(23-24-18)14-7-5-4-6-8-14/h4-8,12-13,15,17,25H,9-11H2,1-3H3,(H,21,27)(H2,22,23,24,26). The van der Waals surface area contributed by atoms with Crippen molar-refractivity contribution in [1.29, 1.82) is 0 Å². The summed E-state index contributed by atoms with van der Waals surface area (Å²) in [6, 6.07) is 10.7. The van der Waals surface area contributed by atoms with E-state index in [4.69, 9.17) is 0 Å². The molecular weight excluding hydrogens is 376 g/mol. The molecule has 0 aliphatic heterocycles. The van der Waals surface area contributed by atoms with Crippen LogP contribution in [0.2, 0.25) is 0 Å². The molecule has 1 aromatic heterocycles. The van der Waals surface area contributed by atoms with Crippen LogP contribution in [-0.2, 0) is 9.59 Å². The Bertz CT molecular complexity index is 764. The van der Waals surface area contributed by atoms with Crippen LogP contribution < -0.4 is 10.6 Å². The zero-order chi connectivity index (χ0) is 20.5. The Labute approximate surface area is 169 Å². The van der Waals surface area contributed by atoms with Crippen LogP contribution in [0.5, 0.6) is 0 Å². The maximum atomic E-state index is 12.7. The fourth-order valence-corrected chi connectivity index (χ4v) is 3.16. The van der Waals surface area contributed by atoms with Gasteiger partial charge in [-0.2, -0.15) is 16.9 Å². The van der Waals surface area contributed by atoms with E-state index in [1.54, 1.807) is 17.8 Å². The van der Waals surface area contributed by atoms with E-state index in [0.29, 0.717) is 24.4 Å². The minimum Gasteiger partial charge on any atom is -0.383 e. The highest BCUT2D eigenvalue weighted by Gasteiger charge is 2.25. The number of thioether (sulfide) groups is 1. The molecule has 152 valence electrons. The molecule has 2 amide bonds. The van der Waals surface area contributed by atoms with Crippen LogP contribution in [0.25, 0.3) is 11.3 Å². The second kappa shape index (κ2) is 10.9. The summed E-state index contributed by atoms with van der Waals surface area (Å²) in [7, 11) is 0. The monoisotopic (exact) mass is 404 g/mol. The van der Waals surface area contributed by atoms with Crippen LogP contribution in [0.1, 0.15) is 26.7 Å². The third-order valence-electron chi connectivity index (χ3n) is 4.15. The first-order chi connectivity index (χ1) is 13.4. The van der Waals surface area contributed by atoms with Crippen LogP contribution in [0.3, 0.4) is 0 Å². The summed E-state index contributed by atoms with van der Waals surface area (Å²) < 4.78 is 0. The topological polar surface area (TPSA) is 107 Å². The number of nitrogens with zero attached hydrogens (tertiary/aromatic N) is 1. The number of rotatable bonds is 10. The summed E-state index contributed by atoms with van der Waals surface area (Å²) >= 11 is 1.59. The van der Waals surface area contributed by atoms with Gasteiger partial charge in [0.1, 0.15) is 12.1 Å². The number of hydrogen-bond acceptors (Lipinski definition) is 5. The van der Waals surface area contributed by atoms with Gasteiger partial charge in [0.05, 0.1) is 5.69 Å². The third kappa shape index (κ3) is 6.69. The Kier molecular flexibility index (Phi) is 8.53. The lowest BCUT2D eigenvalue weighted by Crippen LogP contribution is -2.48. The van der Waals surface area contributed by atoms with Gasteiger partial charge in [-0.1, -0.05) is 44.2 Å². The molecule has 1 aromatic carbocycles. The van der Waals surface area contributed by atoms with E-state index >= 15 is 0 Å². The van der Waals surface area contributed by atoms with Crippen LogP contribution in [0.4, 0.5) is 5.82 Å². The molecule has 0 saturated heterocycles. The van der Waals surface area contributed by atoms with Gasteiger partial charge in [-0.25, -0.2) is 0 Å². The van der Waals surface area contributed by atoms with E-state index in [0.717, 1.165) is 11.3 Å². The fraction of sp³-hybridized carbons (Fsp3) is 0.450. The molecule has 0 bridgehead atoms. The zero-order valence-electron chi connectivity index (χ0n) is 16.4. The molecular formula is C20H28N4O3S. The number of aliphatic hydroxyl groups excluding tert-OH is 1. The second-order valence-electron chi connectivity index (χ2n) is 7.01. The van der Waals surface area contributed by atoms with Gasteiger partial charge in [0.25, 0.3) is 0 Å². The Balaban J connectivity index is 2.02. The number of aromatic nitrogens is 2. The molecule has 0 spiro atoms. The molecule has 2 rings (SSSR count). The molecule has 0 aliphatic carbocycles. The first-order valence-electron chi connectivity index (χ1n) is 9.29. The van der Waals surface area contributed by atoms with Crippen molar-refractivity contribution in [3.8, 4) is 11.3 Å². The molecule has 8 heteroatoms. The summed E-state index contributed by atoms with van der Waals surface area (Å²) in [5.41, 5.74) is 1.74. The van der Waals surface area contributed by atoms with Crippen molar-refractivity contribution < 1.29 is 14.7 Å². The molecule has 1 heterocycles. The van der Waals surface area contributed by atoms with Gasteiger partial charge >= 0.3 is 0 Å². The van der Waals surface area contributed by atoms with Gasteiger partial charge in [0.15, 0.2) is 5.82 Å². The van der Waals surface area contributed by atoms with Gasteiger partial charge in [-0.05, 0) is 36.3 Å². The number of nitrogens with one attached hydrogen (secondary N) is 3. The lowest BCUT2D eigenvalue weighted by molar-refractivity contribution is -0.133. The third-order valence-corrected chi connectivity index (χ3v) is 4.80. The van der Waals surface area contributed by atoms with E-state index in [1.807, 2.05) is 50.4 Å². The van der Waals surface area contributed by atoms with E-state index in [9.17, 15) is 14.7 Å². The molecule has 4 N–H and O–H groups in total. The molecule has 0 radical (unpaired) electrons. The van der Waals surface area contributed by atoms with Crippen LogP contribution in [0, 0.1) is 5.92 Å². The second-order valence-corrected chi connectivity index (χ2v) is 8.00. The van der Waals surface area contributed by atoms with Gasteiger partial charge in [-0.3, -0.25) is 14.7 Å². The van der Waals surface area contributed by atoms with Crippen molar-refractivity contribution in [1.82, 2.24) is 15.5 Å². The quantitative estimate of drug-likeness (QED) is 0.487. The molecule has 28 heavy (non-hydrogen) atoms. The van der Waals surface area contributed by atoms with Gasteiger partial charge in [-0.15, -0.1) is 0 Å². The number of anilines is 1. The predicted octanol–water partition coefficient (Wildman–Crippen LogP) is 2.66. The molecule has 2 atom stereocenters. The molecule has 2 unspecified atom stereocenters. The lowest BCUT2D eigenvalue weighted by Gasteiger charge is -2.20. The number of carbonyl (C=O) groups is 2.